The lowest BCUT2D eigenvalue weighted by Crippen LogP contribution is -2.61. The number of nitrogens with two attached hydrogens (primary N) is 2. The molecular formula is C20H35N5O9. The summed E-state index contributed by atoms with van der Waals surface area (Å²) in [7, 11) is 0. The number of carbonyl (C=O) groups is 6. The second-order valence-corrected chi connectivity index (χ2v) is 8.04. The summed E-state index contributed by atoms with van der Waals surface area (Å²) in [5, 5.41) is 34.9. The van der Waals surface area contributed by atoms with E-state index in [2.05, 4.69) is 16.0 Å². The summed E-state index contributed by atoms with van der Waals surface area (Å²) in [6.07, 6.45) is -2.12. The van der Waals surface area contributed by atoms with E-state index in [0.29, 0.717) is 6.42 Å². The average molecular weight is 490 g/mol. The lowest BCUT2D eigenvalue weighted by atomic mass is 9.96. The number of amides is 4. The first-order valence-electron chi connectivity index (χ1n) is 10.8. The van der Waals surface area contributed by atoms with E-state index < -0.39 is 71.8 Å². The molecule has 0 rings (SSSR count). The molecule has 14 heteroatoms. The van der Waals surface area contributed by atoms with E-state index in [1.165, 1.54) is 6.92 Å². The largest absolute Gasteiger partial charge is 0.481 e. The minimum absolute atomic E-state index is 0.156. The molecule has 0 bridgehead atoms. The smallest absolute Gasteiger partial charge is 0.326 e. The van der Waals surface area contributed by atoms with Gasteiger partial charge in [-0.1, -0.05) is 20.3 Å². The molecule has 0 aliphatic heterocycles. The Morgan fingerprint density at radius 1 is 0.824 bits per heavy atom. The second kappa shape index (κ2) is 14.8. The summed E-state index contributed by atoms with van der Waals surface area (Å²) >= 11 is 0. The van der Waals surface area contributed by atoms with E-state index in [0.717, 1.165) is 0 Å². The summed E-state index contributed by atoms with van der Waals surface area (Å²) in [6.45, 7) is 4.59. The highest BCUT2D eigenvalue weighted by molar-refractivity contribution is 5.94. The predicted molar refractivity (Wildman–Crippen MR) is 118 cm³/mol. The first-order chi connectivity index (χ1) is 15.7. The SMILES string of the molecule is CCC(C)C(NC(=O)C(N)CCC(=O)O)C(=O)NC(C(=O)NC(CCC(N)=O)C(=O)O)C(C)O. The molecule has 14 nitrogen and oxygen atoms in total. The molecular weight excluding hydrogens is 454 g/mol. The molecule has 0 aliphatic carbocycles. The number of carbonyl (C=O) groups excluding carboxylic acids is 4. The summed E-state index contributed by atoms with van der Waals surface area (Å²) in [5.41, 5.74) is 10.7. The minimum Gasteiger partial charge on any atom is -0.481 e. The molecule has 0 spiro atoms. The molecule has 0 fully saturated rings. The van der Waals surface area contributed by atoms with Crippen molar-refractivity contribution in [3.8, 4) is 0 Å². The highest BCUT2D eigenvalue weighted by Gasteiger charge is 2.34. The van der Waals surface area contributed by atoms with Crippen molar-refractivity contribution in [3.05, 3.63) is 0 Å². The molecule has 0 radical (unpaired) electrons. The maximum absolute atomic E-state index is 12.9. The first-order valence-corrected chi connectivity index (χ1v) is 10.8. The summed E-state index contributed by atoms with van der Waals surface area (Å²) in [5.74, 6) is -6.40. The molecule has 194 valence electrons. The number of aliphatic hydroxyl groups excluding tert-OH is 1. The van der Waals surface area contributed by atoms with Crippen LogP contribution in [0.25, 0.3) is 0 Å². The van der Waals surface area contributed by atoms with Crippen molar-refractivity contribution in [2.24, 2.45) is 17.4 Å². The fraction of sp³-hybridized carbons (Fsp3) is 0.700. The van der Waals surface area contributed by atoms with Crippen molar-refractivity contribution in [3.63, 3.8) is 0 Å². The monoisotopic (exact) mass is 489 g/mol. The predicted octanol–water partition coefficient (Wildman–Crippen LogP) is -2.59. The number of aliphatic hydroxyl groups is 1. The van der Waals surface area contributed by atoms with Crippen molar-refractivity contribution in [1.82, 2.24) is 16.0 Å². The van der Waals surface area contributed by atoms with Crippen molar-refractivity contribution in [1.29, 1.82) is 0 Å². The number of aliphatic carboxylic acids is 2. The lowest BCUT2D eigenvalue weighted by Gasteiger charge is -2.28. The highest BCUT2D eigenvalue weighted by atomic mass is 16.4. The van der Waals surface area contributed by atoms with Gasteiger partial charge < -0.3 is 42.7 Å². The topological polar surface area (TPSA) is 251 Å². The van der Waals surface area contributed by atoms with Crippen LogP contribution >= 0.6 is 0 Å². The third kappa shape index (κ3) is 11.0. The average Bonchev–Trinajstić information content (AvgIpc) is 2.74. The molecule has 0 aromatic heterocycles. The van der Waals surface area contributed by atoms with Crippen LogP contribution in [-0.2, 0) is 28.8 Å². The maximum atomic E-state index is 12.9. The van der Waals surface area contributed by atoms with Crippen molar-refractivity contribution < 1.29 is 44.1 Å². The number of carboxylic acids is 2. The van der Waals surface area contributed by atoms with Gasteiger partial charge in [0.05, 0.1) is 12.1 Å². The van der Waals surface area contributed by atoms with Gasteiger partial charge in [0.25, 0.3) is 0 Å². The third-order valence-corrected chi connectivity index (χ3v) is 5.16. The molecule has 0 heterocycles. The number of hydrogen-bond donors (Lipinski definition) is 8. The quantitative estimate of drug-likeness (QED) is 0.112. The van der Waals surface area contributed by atoms with Gasteiger partial charge >= 0.3 is 11.9 Å². The Kier molecular flexibility index (Phi) is 13.4. The fourth-order valence-corrected chi connectivity index (χ4v) is 2.83. The van der Waals surface area contributed by atoms with Crippen LogP contribution in [-0.4, -0.2) is 81.2 Å². The fourth-order valence-electron chi connectivity index (χ4n) is 2.83. The zero-order chi connectivity index (χ0) is 26.6. The van der Waals surface area contributed by atoms with Gasteiger partial charge in [0, 0.05) is 12.8 Å². The van der Waals surface area contributed by atoms with E-state index >= 15 is 0 Å². The Morgan fingerprint density at radius 3 is 1.79 bits per heavy atom. The van der Waals surface area contributed by atoms with Crippen LogP contribution in [0, 0.1) is 5.92 Å². The third-order valence-electron chi connectivity index (χ3n) is 5.16. The van der Waals surface area contributed by atoms with Crippen LogP contribution in [0.1, 0.15) is 52.9 Å². The summed E-state index contributed by atoms with van der Waals surface area (Å²) in [4.78, 5) is 70.8. The van der Waals surface area contributed by atoms with E-state index in [-0.39, 0.29) is 25.7 Å². The number of hydrogen-bond acceptors (Lipinski definition) is 8. The van der Waals surface area contributed by atoms with E-state index in [4.69, 9.17) is 16.6 Å². The molecule has 0 aromatic carbocycles. The van der Waals surface area contributed by atoms with Crippen LogP contribution in [0.15, 0.2) is 0 Å². The Labute approximate surface area is 196 Å². The second-order valence-electron chi connectivity index (χ2n) is 8.04. The van der Waals surface area contributed by atoms with Crippen molar-refractivity contribution >= 4 is 35.6 Å². The van der Waals surface area contributed by atoms with Gasteiger partial charge in [-0.15, -0.1) is 0 Å². The van der Waals surface area contributed by atoms with Crippen LogP contribution < -0.4 is 27.4 Å². The molecule has 4 amide bonds. The highest BCUT2D eigenvalue weighted by Crippen LogP contribution is 2.10. The molecule has 0 saturated heterocycles. The van der Waals surface area contributed by atoms with Crippen molar-refractivity contribution in [2.75, 3.05) is 0 Å². The Morgan fingerprint density at radius 2 is 1.35 bits per heavy atom. The maximum Gasteiger partial charge on any atom is 0.326 e. The first kappa shape index (κ1) is 30.7. The number of nitrogens with one attached hydrogen (secondary N) is 3. The van der Waals surface area contributed by atoms with Gasteiger partial charge in [-0.25, -0.2) is 4.79 Å². The van der Waals surface area contributed by atoms with Crippen LogP contribution in [0.3, 0.4) is 0 Å². The van der Waals surface area contributed by atoms with E-state index in [1.807, 2.05) is 0 Å². The number of primary amides is 1. The van der Waals surface area contributed by atoms with Crippen LogP contribution in [0.5, 0.6) is 0 Å². The molecule has 34 heavy (non-hydrogen) atoms. The molecule has 6 atom stereocenters. The van der Waals surface area contributed by atoms with Crippen LogP contribution in [0.2, 0.25) is 0 Å². The molecule has 0 aliphatic rings. The van der Waals surface area contributed by atoms with Gasteiger partial charge in [0.15, 0.2) is 0 Å². The summed E-state index contributed by atoms with van der Waals surface area (Å²) < 4.78 is 0. The zero-order valence-corrected chi connectivity index (χ0v) is 19.4. The van der Waals surface area contributed by atoms with Crippen LogP contribution in [0.4, 0.5) is 0 Å². The lowest BCUT2D eigenvalue weighted by molar-refractivity contribution is -0.143. The minimum atomic E-state index is -1.58. The van der Waals surface area contributed by atoms with Gasteiger partial charge in [0.1, 0.15) is 18.1 Å². The summed E-state index contributed by atoms with van der Waals surface area (Å²) in [6, 6.07) is -5.43. The zero-order valence-electron chi connectivity index (χ0n) is 19.4. The number of rotatable bonds is 16. The molecule has 0 saturated carbocycles. The van der Waals surface area contributed by atoms with Gasteiger partial charge in [-0.05, 0) is 25.7 Å². The Bertz CT molecular complexity index is 759. The van der Waals surface area contributed by atoms with Gasteiger partial charge in [-0.3, -0.25) is 24.0 Å². The van der Waals surface area contributed by atoms with E-state index in [9.17, 15) is 39.0 Å². The number of carboxylic acid groups (broad SMARTS) is 2. The molecule has 6 unspecified atom stereocenters. The van der Waals surface area contributed by atoms with Gasteiger partial charge in [0.2, 0.25) is 23.6 Å². The van der Waals surface area contributed by atoms with E-state index in [1.54, 1.807) is 13.8 Å². The molecule has 10 N–H and O–H groups in total. The Hall–Kier alpha value is -3.26. The van der Waals surface area contributed by atoms with Crippen molar-refractivity contribution in [2.45, 2.75) is 83.1 Å². The standard InChI is InChI=1S/C20H35N5O9/c1-4-9(2)15(24-17(30)11(21)5-8-14(28)29)18(31)25-16(10(3)26)19(32)23-12(20(33)34)6-7-13(22)27/h9-12,15-16,26H,4-8,21H2,1-3H3,(H2,22,27)(H,23,32)(H,24,30)(H,25,31)(H,28,29)(H,33,34). The molecule has 0 aromatic rings. The van der Waals surface area contributed by atoms with Gasteiger partial charge in [-0.2, -0.15) is 0 Å². The Balaban J connectivity index is 5.45. The normalized spacial score (nSPS) is 16.1.